The van der Waals surface area contributed by atoms with Crippen LogP contribution in [0.5, 0.6) is 0 Å². The maximum absolute atomic E-state index is 2.58. The molecule has 10 aromatic rings. The monoisotopic (exact) mass is 784 g/mol. The van der Waals surface area contributed by atoms with Crippen LogP contribution in [0.1, 0.15) is 67.1 Å². The molecule has 1 unspecified atom stereocenters. The molecule has 0 nitrogen and oxygen atoms in total. The summed E-state index contributed by atoms with van der Waals surface area (Å²) in [5, 5.41) is 2.64. The SMILES string of the molecule is c1ccc(C(c2ccc3c(c2)-c2cc4ccccc4c(-c4cccc5c4Cc4ccccc4-5)c2C3)c2ccc3c(c2)C2(c4ccccc4-c4ccccc42)c2ccccc2-3)cc1. The lowest BCUT2D eigenvalue weighted by Crippen LogP contribution is -2.26. The minimum absolute atomic E-state index is 0.0410. The van der Waals surface area contributed by atoms with Gasteiger partial charge in [0.2, 0.25) is 0 Å². The largest absolute Gasteiger partial charge is 0.0725 e. The van der Waals surface area contributed by atoms with Crippen molar-refractivity contribution in [1.82, 2.24) is 0 Å². The van der Waals surface area contributed by atoms with Gasteiger partial charge in [0.05, 0.1) is 5.41 Å². The number of rotatable bonds is 4. The first-order chi connectivity index (χ1) is 30.8. The lowest BCUT2D eigenvalue weighted by Gasteiger charge is -2.31. The van der Waals surface area contributed by atoms with E-state index in [4.69, 9.17) is 0 Å². The number of benzene rings is 10. The Hall–Kier alpha value is -7.54. The average molecular weight is 785 g/mol. The number of hydrogen-bond acceptors (Lipinski definition) is 0. The van der Waals surface area contributed by atoms with Crippen LogP contribution < -0.4 is 0 Å². The molecule has 0 aromatic heterocycles. The Morgan fingerprint density at radius 3 is 1.61 bits per heavy atom. The molecule has 10 aromatic carbocycles. The van der Waals surface area contributed by atoms with E-state index in [-0.39, 0.29) is 11.3 Å². The fourth-order valence-electron chi connectivity index (χ4n) is 12.4. The summed E-state index contributed by atoms with van der Waals surface area (Å²) >= 11 is 0. The molecule has 0 bridgehead atoms. The molecule has 62 heavy (non-hydrogen) atoms. The first-order valence-corrected chi connectivity index (χ1v) is 22.1. The van der Waals surface area contributed by atoms with Crippen LogP contribution in [-0.4, -0.2) is 0 Å². The van der Waals surface area contributed by atoms with Gasteiger partial charge in [-0.2, -0.15) is 0 Å². The second-order valence-electron chi connectivity index (χ2n) is 17.8. The lowest BCUT2D eigenvalue weighted by molar-refractivity contribution is 0.789. The van der Waals surface area contributed by atoms with Gasteiger partial charge in [0.15, 0.2) is 0 Å². The van der Waals surface area contributed by atoms with Crippen molar-refractivity contribution in [3.8, 4) is 55.6 Å². The van der Waals surface area contributed by atoms with Crippen molar-refractivity contribution in [2.75, 3.05) is 0 Å². The third-order valence-electron chi connectivity index (χ3n) is 14.9. The van der Waals surface area contributed by atoms with Crippen LogP contribution in [0.4, 0.5) is 0 Å². The zero-order valence-corrected chi connectivity index (χ0v) is 34.2. The minimum Gasteiger partial charge on any atom is -0.0622 e. The summed E-state index contributed by atoms with van der Waals surface area (Å²) in [7, 11) is 0. The van der Waals surface area contributed by atoms with Gasteiger partial charge in [0.25, 0.3) is 0 Å². The maximum atomic E-state index is 2.58. The van der Waals surface area contributed by atoms with Crippen LogP contribution in [0.3, 0.4) is 0 Å². The summed E-state index contributed by atoms with van der Waals surface area (Å²) in [6, 6.07) is 80.9. The highest BCUT2D eigenvalue weighted by molar-refractivity contribution is 6.06. The summed E-state index contributed by atoms with van der Waals surface area (Å²) < 4.78 is 0. The second kappa shape index (κ2) is 12.7. The molecule has 1 atom stereocenters. The quantitative estimate of drug-likeness (QED) is 0.156. The van der Waals surface area contributed by atoms with Crippen LogP contribution in [0.25, 0.3) is 66.4 Å². The first kappa shape index (κ1) is 34.2. The summed E-state index contributed by atoms with van der Waals surface area (Å²) in [6.07, 6.45) is 1.90. The predicted molar refractivity (Wildman–Crippen MR) is 256 cm³/mol. The van der Waals surface area contributed by atoms with Crippen LogP contribution in [-0.2, 0) is 18.3 Å². The van der Waals surface area contributed by atoms with E-state index >= 15 is 0 Å². The zero-order valence-electron chi connectivity index (χ0n) is 34.2. The van der Waals surface area contributed by atoms with Gasteiger partial charge < -0.3 is 0 Å². The third-order valence-corrected chi connectivity index (χ3v) is 14.9. The van der Waals surface area contributed by atoms with Crippen LogP contribution in [0, 0.1) is 0 Å². The van der Waals surface area contributed by atoms with Gasteiger partial charge in [-0.3, -0.25) is 0 Å². The molecule has 0 heteroatoms. The Balaban J connectivity index is 0.969. The molecule has 0 radical (unpaired) electrons. The van der Waals surface area contributed by atoms with E-state index in [1.807, 2.05) is 0 Å². The third kappa shape index (κ3) is 4.51. The van der Waals surface area contributed by atoms with E-state index in [2.05, 4.69) is 212 Å². The van der Waals surface area contributed by atoms with Gasteiger partial charge >= 0.3 is 0 Å². The molecule has 0 heterocycles. The van der Waals surface area contributed by atoms with E-state index in [0.29, 0.717) is 0 Å². The molecule has 0 saturated heterocycles. The molecular weight excluding hydrogens is 745 g/mol. The predicted octanol–water partition coefficient (Wildman–Crippen LogP) is 15.2. The Kier molecular flexibility index (Phi) is 7.03. The van der Waals surface area contributed by atoms with E-state index in [0.717, 1.165) is 12.8 Å². The smallest absolute Gasteiger partial charge is 0.0622 e. The van der Waals surface area contributed by atoms with Crippen LogP contribution in [0.2, 0.25) is 0 Å². The summed E-state index contributed by atoms with van der Waals surface area (Å²) in [5.41, 5.74) is 28.5. The van der Waals surface area contributed by atoms with Gasteiger partial charge in [-0.15, -0.1) is 0 Å². The second-order valence-corrected chi connectivity index (χ2v) is 17.8. The van der Waals surface area contributed by atoms with Crippen molar-refractivity contribution in [3.63, 3.8) is 0 Å². The summed E-state index contributed by atoms with van der Waals surface area (Å²) in [5.74, 6) is 0.0410. The fraction of sp³-hybridized carbons (Fsp3) is 0.0645. The van der Waals surface area contributed by atoms with Crippen molar-refractivity contribution < 1.29 is 0 Å². The van der Waals surface area contributed by atoms with Gasteiger partial charge in [-0.25, -0.2) is 0 Å². The Morgan fingerprint density at radius 1 is 0.306 bits per heavy atom. The molecule has 4 aliphatic carbocycles. The number of hydrogen-bond donors (Lipinski definition) is 0. The molecular formula is C62H40. The van der Waals surface area contributed by atoms with Gasteiger partial charge in [0.1, 0.15) is 0 Å². The molecule has 1 spiro atoms. The van der Waals surface area contributed by atoms with E-state index in [1.165, 1.54) is 128 Å². The lowest BCUT2D eigenvalue weighted by atomic mass is 9.70. The van der Waals surface area contributed by atoms with Crippen molar-refractivity contribution in [1.29, 1.82) is 0 Å². The first-order valence-electron chi connectivity index (χ1n) is 22.1. The highest BCUT2D eigenvalue weighted by Crippen LogP contribution is 2.63. The molecule has 0 amide bonds. The summed E-state index contributed by atoms with van der Waals surface area (Å²) in [4.78, 5) is 0. The van der Waals surface area contributed by atoms with Crippen molar-refractivity contribution in [3.05, 3.63) is 274 Å². The minimum atomic E-state index is -0.385. The molecule has 0 N–H and O–H groups in total. The van der Waals surface area contributed by atoms with Gasteiger partial charge in [0, 0.05) is 5.92 Å². The Bertz CT molecular complexity index is 3470. The average Bonchev–Trinajstić information content (AvgIpc) is 4.06. The van der Waals surface area contributed by atoms with Crippen LogP contribution >= 0.6 is 0 Å². The van der Waals surface area contributed by atoms with E-state index in [1.54, 1.807) is 0 Å². The fourth-order valence-corrected chi connectivity index (χ4v) is 12.4. The van der Waals surface area contributed by atoms with Crippen molar-refractivity contribution in [2.45, 2.75) is 24.2 Å². The number of fused-ring (bicyclic) bond motifs is 17. The van der Waals surface area contributed by atoms with Crippen molar-refractivity contribution >= 4 is 10.8 Å². The topological polar surface area (TPSA) is 0 Å². The molecule has 0 fully saturated rings. The molecule has 14 rings (SSSR count). The molecule has 0 aliphatic heterocycles. The highest BCUT2D eigenvalue weighted by atomic mass is 14.5. The molecule has 4 aliphatic rings. The molecule has 288 valence electrons. The standard InChI is InChI=1S/C62H40/c1-2-15-38(16-3-1)60(43-31-32-50-49-23-10-13-28-58(49)62(59(50)37-43)56-26-11-8-21-47(56)48-22-9-12-27-57(48)62)42-30-29-41-35-55-54(52(41)36-42)34-40-18-5-7-20-45(40)61(55)51-25-14-24-46-44-19-6-4-17-39(44)33-53(46)51/h1-32,34,36-37,60H,33,35H2. The van der Waals surface area contributed by atoms with Crippen molar-refractivity contribution in [2.24, 2.45) is 0 Å². The normalized spacial score (nSPS) is 14.4. The van der Waals surface area contributed by atoms with E-state index in [9.17, 15) is 0 Å². The maximum Gasteiger partial charge on any atom is 0.0725 e. The highest BCUT2D eigenvalue weighted by Gasteiger charge is 2.51. The van der Waals surface area contributed by atoms with Gasteiger partial charge in [-0.05, 0) is 153 Å². The Morgan fingerprint density at radius 2 is 0.855 bits per heavy atom. The Labute approximate surface area is 362 Å². The van der Waals surface area contributed by atoms with E-state index < -0.39 is 0 Å². The molecule has 0 saturated carbocycles. The summed E-state index contributed by atoms with van der Waals surface area (Å²) in [6.45, 7) is 0. The van der Waals surface area contributed by atoms with Gasteiger partial charge in [-0.1, -0.05) is 200 Å². The van der Waals surface area contributed by atoms with Crippen LogP contribution in [0.15, 0.2) is 212 Å². The zero-order chi connectivity index (χ0) is 40.5.